The molecule has 0 aromatic carbocycles. The van der Waals surface area contributed by atoms with Gasteiger partial charge in [-0.15, -0.1) is 0 Å². The number of hydrogen-bond acceptors (Lipinski definition) is 4. The maximum atomic E-state index is 11.2. The third-order valence-electron chi connectivity index (χ3n) is 8.39. The summed E-state index contributed by atoms with van der Waals surface area (Å²) < 4.78 is 0. The molecule has 4 aliphatic carbocycles. The maximum absolute atomic E-state index is 11.2. The molecule has 0 radical (unpaired) electrons. The van der Waals surface area contributed by atoms with Crippen LogP contribution in [0.1, 0.15) is 59.3 Å². The van der Waals surface area contributed by atoms with Crippen LogP contribution in [0.5, 0.6) is 0 Å². The second kappa shape index (κ2) is 5.41. The summed E-state index contributed by atoms with van der Waals surface area (Å²) in [6.45, 7) is 5.96. The molecule has 0 saturated heterocycles. The van der Waals surface area contributed by atoms with E-state index in [1.54, 1.807) is 6.92 Å². The highest BCUT2D eigenvalue weighted by atomic mass is 16.3. The van der Waals surface area contributed by atoms with Crippen LogP contribution in [0.4, 0.5) is 0 Å². The first-order valence-electron chi connectivity index (χ1n) is 9.81. The van der Waals surface area contributed by atoms with E-state index in [0.29, 0.717) is 19.3 Å². The smallest absolute Gasteiger partial charge is 0.0962 e. The number of fused-ring (bicyclic) bond motifs is 5. The highest BCUT2D eigenvalue weighted by Crippen LogP contribution is 2.66. The van der Waals surface area contributed by atoms with Gasteiger partial charge in [-0.1, -0.05) is 37.1 Å². The van der Waals surface area contributed by atoms with Crippen LogP contribution in [0.25, 0.3) is 0 Å². The zero-order chi connectivity index (χ0) is 18.2. The van der Waals surface area contributed by atoms with Crippen LogP contribution in [0.2, 0.25) is 0 Å². The molecule has 25 heavy (non-hydrogen) atoms. The van der Waals surface area contributed by atoms with Gasteiger partial charge in [0, 0.05) is 11.3 Å². The number of rotatable bonds is 1. The van der Waals surface area contributed by atoms with Gasteiger partial charge in [-0.2, -0.15) is 0 Å². The van der Waals surface area contributed by atoms with Crippen molar-refractivity contribution in [1.29, 1.82) is 0 Å². The number of aliphatic hydroxyl groups is 4. The fourth-order valence-electron chi connectivity index (χ4n) is 6.84. The molecule has 4 N–H and O–H groups in total. The van der Waals surface area contributed by atoms with Crippen molar-refractivity contribution >= 4 is 0 Å². The van der Waals surface area contributed by atoms with Crippen molar-refractivity contribution in [3.63, 3.8) is 0 Å². The summed E-state index contributed by atoms with van der Waals surface area (Å²) in [4.78, 5) is 0. The van der Waals surface area contributed by atoms with Crippen LogP contribution in [-0.2, 0) is 0 Å². The van der Waals surface area contributed by atoms with Gasteiger partial charge in [0.1, 0.15) is 0 Å². The quantitative estimate of drug-likeness (QED) is 0.586. The van der Waals surface area contributed by atoms with Crippen molar-refractivity contribution in [3.8, 4) is 0 Å². The molecule has 0 bridgehead atoms. The standard InChI is InChI=1S/C21H32O4/c1-12(22)21(25)9-7-16-15-5-4-13-10-14(23)6-8-19(13,2)18(15)17(24)11-20(16,21)3/h4-5,12,14,16-18,22-25H,6-11H2,1-3H3/t12-,14?,16+,17?,18-,19+,20+,21+/m1/s1. The molecule has 0 spiro atoms. The van der Waals surface area contributed by atoms with Gasteiger partial charge in [0.05, 0.1) is 23.9 Å². The van der Waals surface area contributed by atoms with E-state index in [4.69, 9.17) is 0 Å². The highest BCUT2D eigenvalue weighted by Gasteiger charge is 2.65. The van der Waals surface area contributed by atoms with Crippen molar-refractivity contribution < 1.29 is 20.4 Å². The summed E-state index contributed by atoms with van der Waals surface area (Å²) >= 11 is 0. The molecule has 0 amide bonds. The molecule has 8 atom stereocenters. The van der Waals surface area contributed by atoms with Crippen LogP contribution in [0.15, 0.2) is 23.3 Å². The summed E-state index contributed by atoms with van der Waals surface area (Å²) in [6, 6.07) is 0. The lowest BCUT2D eigenvalue weighted by molar-refractivity contribution is -0.166. The van der Waals surface area contributed by atoms with E-state index in [2.05, 4.69) is 19.1 Å². The van der Waals surface area contributed by atoms with Gasteiger partial charge in [-0.3, -0.25) is 0 Å². The minimum absolute atomic E-state index is 0.0643. The lowest BCUT2D eigenvalue weighted by Crippen LogP contribution is -2.59. The molecule has 3 saturated carbocycles. The van der Waals surface area contributed by atoms with E-state index in [1.165, 1.54) is 11.1 Å². The van der Waals surface area contributed by atoms with Crippen LogP contribution in [0.3, 0.4) is 0 Å². The molecule has 0 heterocycles. The van der Waals surface area contributed by atoms with Crippen molar-refractivity contribution in [2.24, 2.45) is 22.7 Å². The Bertz CT molecular complexity index is 638. The average molecular weight is 348 g/mol. The zero-order valence-corrected chi connectivity index (χ0v) is 15.6. The average Bonchev–Trinajstić information content (AvgIpc) is 2.80. The Kier molecular flexibility index (Phi) is 3.84. The molecule has 0 aliphatic heterocycles. The van der Waals surface area contributed by atoms with Gasteiger partial charge < -0.3 is 20.4 Å². The molecule has 4 nitrogen and oxygen atoms in total. The molecular formula is C21H32O4. The first-order valence-corrected chi connectivity index (χ1v) is 9.81. The van der Waals surface area contributed by atoms with Crippen LogP contribution in [-0.4, -0.2) is 44.3 Å². The van der Waals surface area contributed by atoms with Gasteiger partial charge in [0.2, 0.25) is 0 Å². The summed E-state index contributed by atoms with van der Waals surface area (Å²) in [5, 5.41) is 42.7. The van der Waals surface area contributed by atoms with Gasteiger partial charge in [0.15, 0.2) is 0 Å². The Balaban J connectivity index is 1.79. The fraction of sp³-hybridized carbons (Fsp3) is 0.810. The predicted molar refractivity (Wildman–Crippen MR) is 95.7 cm³/mol. The van der Waals surface area contributed by atoms with Gasteiger partial charge in [-0.25, -0.2) is 0 Å². The van der Waals surface area contributed by atoms with E-state index < -0.39 is 23.2 Å². The molecule has 2 unspecified atom stereocenters. The molecule has 0 aromatic rings. The largest absolute Gasteiger partial charge is 0.393 e. The van der Waals surface area contributed by atoms with E-state index in [9.17, 15) is 20.4 Å². The number of aliphatic hydroxyl groups excluding tert-OH is 3. The van der Waals surface area contributed by atoms with E-state index in [1.807, 2.05) is 6.92 Å². The minimum Gasteiger partial charge on any atom is -0.393 e. The van der Waals surface area contributed by atoms with E-state index in [-0.39, 0.29) is 23.4 Å². The SMILES string of the molecule is C[C@@H](O)[C@@]1(O)CC[C@H]2C3=CC=C4CC(O)CC[C@]4(C)[C@H]3C(O)C[C@@]21C. The molecule has 4 aliphatic rings. The van der Waals surface area contributed by atoms with Crippen LogP contribution < -0.4 is 0 Å². The number of allylic oxidation sites excluding steroid dienone is 2. The minimum atomic E-state index is -1.14. The first-order chi connectivity index (χ1) is 11.6. The second-order valence-electron chi connectivity index (χ2n) is 9.53. The Labute approximate surface area is 150 Å². The summed E-state index contributed by atoms with van der Waals surface area (Å²) in [7, 11) is 0. The summed E-state index contributed by atoms with van der Waals surface area (Å²) in [6.07, 6.45) is 7.03. The van der Waals surface area contributed by atoms with Crippen molar-refractivity contribution in [2.45, 2.75) is 83.2 Å². The Morgan fingerprint density at radius 3 is 2.52 bits per heavy atom. The normalized spacial score (nSPS) is 53.2. The first kappa shape index (κ1) is 17.7. The zero-order valence-electron chi connectivity index (χ0n) is 15.6. The summed E-state index contributed by atoms with van der Waals surface area (Å²) in [5.41, 5.74) is 0.763. The lowest BCUT2D eigenvalue weighted by Gasteiger charge is -2.58. The molecule has 140 valence electrons. The molecule has 0 aromatic heterocycles. The Morgan fingerprint density at radius 2 is 1.84 bits per heavy atom. The fourth-order valence-corrected chi connectivity index (χ4v) is 6.84. The van der Waals surface area contributed by atoms with Crippen molar-refractivity contribution in [1.82, 2.24) is 0 Å². The third kappa shape index (κ3) is 2.14. The predicted octanol–water partition coefficient (Wildman–Crippen LogP) is 2.31. The van der Waals surface area contributed by atoms with Gasteiger partial charge >= 0.3 is 0 Å². The third-order valence-corrected chi connectivity index (χ3v) is 8.39. The molecule has 4 heteroatoms. The van der Waals surface area contributed by atoms with Gasteiger partial charge in [-0.05, 0) is 56.8 Å². The van der Waals surface area contributed by atoms with E-state index in [0.717, 1.165) is 19.3 Å². The maximum Gasteiger partial charge on any atom is 0.0962 e. The summed E-state index contributed by atoms with van der Waals surface area (Å²) in [5.74, 6) is 0.261. The molecular weight excluding hydrogens is 316 g/mol. The topological polar surface area (TPSA) is 80.9 Å². The molecule has 4 rings (SSSR count). The molecule has 3 fully saturated rings. The monoisotopic (exact) mass is 348 g/mol. The van der Waals surface area contributed by atoms with Gasteiger partial charge in [0.25, 0.3) is 0 Å². The van der Waals surface area contributed by atoms with Crippen molar-refractivity contribution in [2.75, 3.05) is 0 Å². The van der Waals surface area contributed by atoms with Crippen LogP contribution in [0, 0.1) is 22.7 Å². The van der Waals surface area contributed by atoms with E-state index >= 15 is 0 Å². The van der Waals surface area contributed by atoms with Crippen LogP contribution >= 0.6 is 0 Å². The lowest BCUT2D eigenvalue weighted by atomic mass is 9.49. The Morgan fingerprint density at radius 1 is 1.12 bits per heavy atom. The Hall–Kier alpha value is -0.680. The van der Waals surface area contributed by atoms with Crippen molar-refractivity contribution in [3.05, 3.63) is 23.3 Å². The highest BCUT2D eigenvalue weighted by molar-refractivity contribution is 5.41. The number of hydrogen-bond donors (Lipinski definition) is 4. The second-order valence-corrected chi connectivity index (χ2v) is 9.53.